The molecule has 13 atom stereocenters. The Balaban J connectivity index is 1.31. The molecule has 0 amide bonds. The fraction of sp³-hybridized carbons (Fsp3) is 0.926. The molecule has 0 radical (unpaired) electrons. The average molecular weight is 447 g/mol. The van der Waals surface area contributed by atoms with E-state index in [9.17, 15) is 15.3 Å². The largest absolute Gasteiger partial charge is 0.393 e. The van der Waals surface area contributed by atoms with Gasteiger partial charge < -0.3 is 24.8 Å². The minimum atomic E-state index is -0.768. The van der Waals surface area contributed by atoms with Crippen LogP contribution in [-0.4, -0.2) is 52.1 Å². The molecule has 2 aliphatic heterocycles. The number of hydrogen-bond donors (Lipinski definition) is 3. The maximum Gasteiger partial charge on any atom is 0.171 e. The summed E-state index contributed by atoms with van der Waals surface area (Å²) in [4.78, 5) is 0. The van der Waals surface area contributed by atoms with Crippen LogP contribution < -0.4 is 0 Å². The van der Waals surface area contributed by atoms with Crippen molar-refractivity contribution in [3.05, 3.63) is 11.6 Å². The lowest BCUT2D eigenvalue weighted by atomic mass is 9.45. The first-order valence-electron chi connectivity index (χ1n) is 13.2. The van der Waals surface area contributed by atoms with E-state index in [1.54, 1.807) is 0 Å². The predicted octanol–water partition coefficient (Wildman–Crippen LogP) is 3.66. The van der Waals surface area contributed by atoms with Gasteiger partial charge in [-0.25, -0.2) is 0 Å². The Hall–Kier alpha value is -0.460. The van der Waals surface area contributed by atoms with Gasteiger partial charge >= 0.3 is 0 Å². The van der Waals surface area contributed by atoms with Gasteiger partial charge in [0.2, 0.25) is 0 Å². The zero-order chi connectivity index (χ0) is 22.6. The van der Waals surface area contributed by atoms with Gasteiger partial charge in [0.1, 0.15) is 0 Å². The summed E-state index contributed by atoms with van der Waals surface area (Å²) in [7, 11) is 0. The van der Waals surface area contributed by atoms with Crippen LogP contribution in [0.4, 0.5) is 0 Å². The third-order valence-electron chi connectivity index (χ3n) is 11.3. The summed E-state index contributed by atoms with van der Waals surface area (Å²) in [5.74, 6) is 2.09. The topological polar surface area (TPSA) is 79.2 Å². The van der Waals surface area contributed by atoms with Crippen LogP contribution in [0, 0.1) is 46.3 Å². The molecule has 1 spiro atoms. The lowest BCUT2D eigenvalue weighted by Gasteiger charge is -2.61. The van der Waals surface area contributed by atoms with E-state index in [2.05, 4.69) is 27.7 Å². The molecule has 0 aromatic rings. The fourth-order valence-electron chi connectivity index (χ4n) is 9.91. The highest BCUT2D eigenvalue weighted by Crippen LogP contribution is 2.71. The Morgan fingerprint density at radius 3 is 2.50 bits per heavy atom. The van der Waals surface area contributed by atoms with Crippen molar-refractivity contribution in [2.45, 2.75) is 103 Å². The summed E-state index contributed by atoms with van der Waals surface area (Å²) in [6.07, 6.45) is 6.85. The van der Waals surface area contributed by atoms with Gasteiger partial charge in [0.05, 0.1) is 31.0 Å². The Labute approximate surface area is 192 Å². The molecule has 32 heavy (non-hydrogen) atoms. The van der Waals surface area contributed by atoms with Gasteiger partial charge in [-0.2, -0.15) is 0 Å². The molecule has 0 aromatic heterocycles. The molecule has 3 saturated carbocycles. The van der Waals surface area contributed by atoms with Crippen molar-refractivity contribution in [3.63, 3.8) is 0 Å². The lowest BCUT2D eigenvalue weighted by Crippen LogP contribution is -2.58. The fourth-order valence-corrected chi connectivity index (χ4v) is 9.91. The van der Waals surface area contributed by atoms with Gasteiger partial charge in [-0.05, 0) is 78.9 Å². The minimum Gasteiger partial charge on any atom is -0.393 e. The average Bonchev–Trinajstić information content (AvgIpc) is 3.16. The van der Waals surface area contributed by atoms with E-state index in [1.807, 2.05) is 6.08 Å². The van der Waals surface area contributed by atoms with Crippen LogP contribution in [-0.2, 0) is 9.47 Å². The number of ether oxygens (including phenoxy) is 2. The van der Waals surface area contributed by atoms with Crippen LogP contribution in [0.25, 0.3) is 0 Å². The molecule has 3 N–H and O–H groups in total. The van der Waals surface area contributed by atoms with E-state index >= 15 is 0 Å². The monoisotopic (exact) mass is 446 g/mol. The Morgan fingerprint density at radius 1 is 1.00 bits per heavy atom. The molecule has 5 heteroatoms. The van der Waals surface area contributed by atoms with Crippen LogP contribution in [0.5, 0.6) is 0 Å². The zero-order valence-electron chi connectivity index (χ0n) is 20.2. The Morgan fingerprint density at radius 2 is 1.78 bits per heavy atom. The van der Waals surface area contributed by atoms with E-state index in [1.165, 1.54) is 12.0 Å². The number of hydrogen-bond acceptors (Lipinski definition) is 5. The van der Waals surface area contributed by atoms with Gasteiger partial charge in [-0.3, -0.25) is 0 Å². The summed E-state index contributed by atoms with van der Waals surface area (Å²) in [6, 6.07) is 0. The minimum absolute atomic E-state index is 0.0605. The van der Waals surface area contributed by atoms with Gasteiger partial charge in [0, 0.05) is 12.3 Å². The Kier molecular flexibility index (Phi) is 4.84. The third kappa shape index (κ3) is 2.75. The second-order valence-corrected chi connectivity index (χ2v) is 13.0. The van der Waals surface area contributed by atoms with E-state index in [0.29, 0.717) is 36.0 Å². The van der Waals surface area contributed by atoms with Crippen molar-refractivity contribution in [2.24, 2.45) is 46.3 Å². The van der Waals surface area contributed by atoms with Crippen LogP contribution in [0.15, 0.2) is 11.6 Å². The molecule has 4 aliphatic carbocycles. The van der Waals surface area contributed by atoms with Crippen molar-refractivity contribution in [1.29, 1.82) is 0 Å². The highest BCUT2D eigenvalue weighted by atomic mass is 16.7. The van der Waals surface area contributed by atoms with Crippen LogP contribution in [0.2, 0.25) is 0 Å². The molecule has 2 saturated heterocycles. The smallest absolute Gasteiger partial charge is 0.171 e. The summed E-state index contributed by atoms with van der Waals surface area (Å²) in [5, 5.41) is 32.4. The number of allylic oxidation sites excluding steroid dienone is 1. The normalized spacial score (nSPS) is 61.5. The van der Waals surface area contributed by atoms with Gasteiger partial charge in [-0.1, -0.05) is 39.3 Å². The molecular weight excluding hydrogens is 404 g/mol. The molecule has 0 unspecified atom stereocenters. The number of fused-ring (bicyclic) bond motifs is 7. The zero-order valence-corrected chi connectivity index (χ0v) is 20.2. The number of aliphatic hydroxyl groups excluding tert-OH is 3. The first-order chi connectivity index (χ1) is 15.1. The van der Waals surface area contributed by atoms with E-state index < -0.39 is 18.0 Å². The molecule has 5 nitrogen and oxygen atoms in total. The van der Waals surface area contributed by atoms with Crippen LogP contribution in [0.3, 0.4) is 0 Å². The van der Waals surface area contributed by atoms with E-state index in [4.69, 9.17) is 9.47 Å². The third-order valence-corrected chi connectivity index (χ3v) is 11.3. The van der Waals surface area contributed by atoms with Crippen molar-refractivity contribution in [3.8, 4) is 0 Å². The summed E-state index contributed by atoms with van der Waals surface area (Å²) < 4.78 is 13.2. The molecule has 2 heterocycles. The Bertz CT molecular complexity index is 802. The molecular formula is C27H42O5. The second kappa shape index (κ2) is 7.04. The highest BCUT2D eigenvalue weighted by Gasteiger charge is 2.70. The first kappa shape index (κ1) is 22.0. The number of rotatable bonds is 0. The quantitative estimate of drug-likeness (QED) is 0.495. The van der Waals surface area contributed by atoms with Crippen molar-refractivity contribution < 1.29 is 24.8 Å². The van der Waals surface area contributed by atoms with Gasteiger partial charge in [-0.15, -0.1) is 0 Å². The summed E-state index contributed by atoms with van der Waals surface area (Å²) in [6.45, 7) is 10.1. The molecule has 180 valence electrons. The maximum absolute atomic E-state index is 11.7. The molecule has 0 bridgehead atoms. The van der Waals surface area contributed by atoms with E-state index in [-0.39, 0.29) is 29.0 Å². The SMILES string of the molecule is C[C@H]1CC[C@@]2(OC1)O[C@H]1C[C@@H]3[C@@H]4CCC5=C[C@@H](O)[C@@H](O)C[C@]5(C)[C@H]4[C@H](O)C[C@]3(C)[C@H]1[C@@H]2C. The summed E-state index contributed by atoms with van der Waals surface area (Å²) in [5.41, 5.74) is 1.09. The molecule has 6 aliphatic rings. The summed E-state index contributed by atoms with van der Waals surface area (Å²) >= 11 is 0. The number of aliphatic hydroxyl groups is 3. The van der Waals surface area contributed by atoms with Gasteiger partial charge in [0.25, 0.3) is 0 Å². The lowest BCUT2D eigenvalue weighted by molar-refractivity contribution is -0.273. The van der Waals surface area contributed by atoms with Crippen molar-refractivity contribution in [2.75, 3.05) is 6.61 Å². The highest BCUT2D eigenvalue weighted by molar-refractivity contribution is 5.28. The predicted molar refractivity (Wildman–Crippen MR) is 120 cm³/mol. The van der Waals surface area contributed by atoms with Crippen molar-refractivity contribution >= 4 is 0 Å². The van der Waals surface area contributed by atoms with Crippen LogP contribution in [0.1, 0.15) is 72.6 Å². The van der Waals surface area contributed by atoms with Gasteiger partial charge in [0.15, 0.2) is 5.79 Å². The molecule has 0 aromatic carbocycles. The van der Waals surface area contributed by atoms with Crippen molar-refractivity contribution in [1.82, 2.24) is 0 Å². The molecule has 6 rings (SSSR count). The van der Waals surface area contributed by atoms with E-state index in [0.717, 1.165) is 38.7 Å². The van der Waals surface area contributed by atoms with Crippen LogP contribution >= 0.6 is 0 Å². The first-order valence-corrected chi connectivity index (χ1v) is 13.2. The molecule has 5 fully saturated rings. The second-order valence-electron chi connectivity index (χ2n) is 13.0. The maximum atomic E-state index is 11.7. The standard InChI is InChI=1S/C27H42O5/c1-14-7-8-27(31-13-14)15(2)23-22(32-27)10-18-17-6-5-16-9-19(28)20(29)11-25(16,3)24(17)21(30)12-26(18,23)4/h9,14-15,17-24,28-30H,5-8,10-13H2,1-4H3/t14-,15-,17-,18+,19+,20-,21+,22-,23-,24+,25-,26-,27+/m0/s1.